The standard InChI is InChI=1S/C16H17ClN4O2/c17-14-13(11-2-1-5-18-7-11)6-12(8-19-14)20-9-16(3-4-16)10-21-15(22)23/h1-2,5-8,20-21H,3-4,9-10H2,(H,22,23). The van der Waals surface area contributed by atoms with Crippen molar-refractivity contribution in [3.05, 3.63) is 41.9 Å². The summed E-state index contributed by atoms with van der Waals surface area (Å²) >= 11 is 6.18. The van der Waals surface area contributed by atoms with Crippen molar-refractivity contribution in [2.45, 2.75) is 12.8 Å². The van der Waals surface area contributed by atoms with Crippen molar-refractivity contribution >= 4 is 23.4 Å². The van der Waals surface area contributed by atoms with Gasteiger partial charge >= 0.3 is 6.09 Å². The lowest BCUT2D eigenvalue weighted by Gasteiger charge is -2.17. The number of amides is 1. The van der Waals surface area contributed by atoms with Gasteiger partial charge < -0.3 is 15.7 Å². The molecule has 0 aromatic carbocycles. The van der Waals surface area contributed by atoms with Gasteiger partial charge in [0.15, 0.2) is 0 Å². The fraction of sp³-hybridized carbons (Fsp3) is 0.312. The Morgan fingerprint density at radius 1 is 1.35 bits per heavy atom. The average Bonchev–Trinajstić information content (AvgIpc) is 3.34. The zero-order chi connectivity index (χ0) is 16.3. The van der Waals surface area contributed by atoms with Gasteiger partial charge in [-0.25, -0.2) is 9.78 Å². The van der Waals surface area contributed by atoms with Crippen LogP contribution < -0.4 is 10.6 Å². The fourth-order valence-electron chi connectivity index (χ4n) is 2.41. The van der Waals surface area contributed by atoms with Crippen LogP contribution in [0, 0.1) is 5.41 Å². The molecule has 3 rings (SSSR count). The first-order valence-corrected chi connectivity index (χ1v) is 7.72. The Labute approximate surface area is 138 Å². The van der Waals surface area contributed by atoms with Gasteiger partial charge in [0.25, 0.3) is 0 Å². The molecule has 6 nitrogen and oxygen atoms in total. The molecule has 1 fully saturated rings. The molecule has 1 aliphatic rings. The molecule has 3 N–H and O–H groups in total. The Hall–Kier alpha value is -2.34. The number of rotatable bonds is 6. The van der Waals surface area contributed by atoms with E-state index in [0.717, 1.165) is 29.7 Å². The Bertz CT molecular complexity index is 704. The number of halogens is 1. The molecule has 0 aliphatic heterocycles. The minimum atomic E-state index is -0.983. The lowest BCUT2D eigenvalue weighted by atomic mass is 10.1. The third-order valence-corrected chi connectivity index (χ3v) is 4.35. The lowest BCUT2D eigenvalue weighted by molar-refractivity contribution is 0.192. The van der Waals surface area contributed by atoms with Crippen LogP contribution in [-0.2, 0) is 0 Å². The maximum absolute atomic E-state index is 10.6. The van der Waals surface area contributed by atoms with E-state index in [1.165, 1.54) is 0 Å². The number of carbonyl (C=O) groups is 1. The summed E-state index contributed by atoms with van der Waals surface area (Å²) in [6, 6.07) is 5.72. The maximum Gasteiger partial charge on any atom is 0.404 e. The molecule has 2 aromatic rings. The zero-order valence-corrected chi connectivity index (χ0v) is 13.2. The zero-order valence-electron chi connectivity index (χ0n) is 12.4. The average molecular weight is 333 g/mol. The lowest BCUT2D eigenvalue weighted by Crippen LogP contribution is -2.32. The van der Waals surface area contributed by atoms with Crippen LogP contribution in [0.5, 0.6) is 0 Å². The maximum atomic E-state index is 10.6. The van der Waals surface area contributed by atoms with E-state index in [-0.39, 0.29) is 5.41 Å². The Kier molecular flexibility index (Phi) is 4.34. The van der Waals surface area contributed by atoms with Crippen molar-refractivity contribution in [3.63, 3.8) is 0 Å². The fourth-order valence-corrected chi connectivity index (χ4v) is 2.63. The minimum absolute atomic E-state index is 0.00644. The quantitative estimate of drug-likeness (QED) is 0.707. The van der Waals surface area contributed by atoms with Crippen LogP contribution in [0.3, 0.4) is 0 Å². The normalized spacial score (nSPS) is 15.0. The van der Waals surface area contributed by atoms with Gasteiger partial charge in [-0.1, -0.05) is 17.7 Å². The van der Waals surface area contributed by atoms with Crippen molar-refractivity contribution in [3.8, 4) is 11.1 Å². The van der Waals surface area contributed by atoms with Crippen LogP contribution in [0.2, 0.25) is 5.15 Å². The van der Waals surface area contributed by atoms with Crippen LogP contribution in [0.25, 0.3) is 11.1 Å². The summed E-state index contributed by atoms with van der Waals surface area (Å²) < 4.78 is 0. The predicted octanol–water partition coefficient (Wildman–Crippen LogP) is 3.26. The van der Waals surface area contributed by atoms with Crippen molar-refractivity contribution in [1.82, 2.24) is 15.3 Å². The molecule has 1 amide bonds. The molecular weight excluding hydrogens is 316 g/mol. The molecule has 0 radical (unpaired) electrons. The summed E-state index contributed by atoms with van der Waals surface area (Å²) in [5.41, 5.74) is 2.59. The summed E-state index contributed by atoms with van der Waals surface area (Å²) in [5.74, 6) is 0. The van der Waals surface area contributed by atoms with E-state index in [9.17, 15) is 4.79 Å². The molecule has 0 bridgehead atoms. The highest BCUT2D eigenvalue weighted by molar-refractivity contribution is 6.32. The highest BCUT2D eigenvalue weighted by Crippen LogP contribution is 2.45. The van der Waals surface area contributed by atoms with E-state index in [2.05, 4.69) is 20.6 Å². The summed E-state index contributed by atoms with van der Waals surface area (Å²) in [5, 5.41) is 14.9. The van der Waals surface area contributed by atoms with E-state index < -0.39 is 6.09 Å². The molecule has 0 unspecified atom stereocenters. The number of nitrogens with zero attached hydrogens (tertiary/aromatic N) is 2. The second-order valence-corrected chi connectivity index (χ2v) is 6.17. The number of hydrogen-bond donors (Lipinski definition) is 3. The number of aromatic nitrogens is 2. The van der Waals surface area contributed by atoms with Crippen molar-refractivity contribution in [2.24, 2.45) is 5.41 Å². The van der Waals surface area contributed by atoms with Gasteiger partial charge in [-0.05, 0) is 25.0 Å². The van der Waals surface area contributed by atoms with Crippen molar-refractivity contribution < 1.29 is 9.90 Å². The van der Waals surface area contributed by atoms with E-state index in [0.29, 0.717) is 18.2 Å². The molecule has 0 saturated heterocycles. The monoisotopic (exact) mass is 332 g/mol. The second-order valence-electron chi connectivity index (χ2n) is 5.82. The number of anilines is 1. The second kappa shape index (κ2) is 6.42. The number of carboxylic acid groups (broad SMARTS) is 1. The van der Waals surface area contributed by atoms with Crippen LogP contribution in [-0.4, -0.2) is 34.3 Å². The predicted molar refractivity (Wildman–Crippen MR) is 88.7 cm³/mol. The molecule has 120 valence electrons. The first-order valence-electron chi connectivity index (χ1n) is 7.35. The molecule has 1 aliphatic carbocycles. The topological polar surface area (TPSA) is 87.1 Å². The van der Waals surface area contributed by atoms with Gasteiger partial charge in [0.2, 0.25) is 0 Å². The molecule has 7 heteroatoms. The molecule has 23 heavy (non-hydrogen) atoms. The number of hydrogen-bond acceptors (Lipinski definition) is 4. The van der Waals surface area contributed by atoms with Gasteiger partial charge in [0.05, 0.1) is 11.9 Å². The first kappa shape index (κ1) is 15.6. The summed E-state index contributed by atoms with van der Waals surface area (Å²) in [4.78, 5) is 18.9. The van der Waals surface area contributed by atoms with Crippen LogP contribution in [0.1, 0.15) is 12.8 Å². The molecule has 2 aromatic heterocycles. The SMILES string of the molecule is O=C(O)NCC1(CNc2cnc(Cl)c(-c3cccnc3)c2)CC1. The van der Waals surface area contributed by atoms with E-state index in [1.54, 1.807) is 18.6 Å². The minimum Gasteiger partial charge on any atom is -0.465 e. The highest BCUT2D eigenvalue weighted by atomic mass is 35.5. The van der Waals surface area contributed by atoms with Gasteiger partial charge in [-0.2, -0.15) is 0 Å². The Morgan fingerprint density at radius 2 is 2.17 bits per heavy atom. The third-order valence-electron chi connectivity index (χ3n) is 4.05. The highest BCUT2D eigenvalue weighted by Gasteiger charge is 2.42. The van der Waals surface area contributed by atoms with Gasteiger partial charge in [-0.15, -0.1) is 0 Å². The van der Waals surface area contributed by atoms with Crippen LogP contribution in [0.15, 0.2) is 36.8 Å². The van der Waals surface area contributed by atoms with E-state index >= 15 is 0 Å². The number of nitrogens with one attached hydrogen (secondary N) is 2. The Morgan fingerprint density at radius 3 is 2.83 bits per heavy atom. The van der Waals surface area contributed by atoms with Crippen molar-refractivity contribution in [1.29, 1.82) is 0 Å². The molecule has 2 heterocycles. The molecular formula is C16H17ClN4O2. The Balaban J connectivity index is 1.69. The van der Waals surface area contributed by atoms with Crippen molar-refractivity contribution in [2.75, 3.05) is 18.4 Å². The third kappa shape index (κ3) is 3.90. The van der Waals surface area contributed by atoms with Crippen LogP contribution >= 0.6 is 11.6 Å². The smallest absolute Gasteiger partial charge is 0.404 e. The first-order chi connectivity index (χ1) is 11.1. The molecule has 1 saturated carbocycles. The summed E-state index contributed by atoms with van der Waals surface area (Å²) in [7, 11) is 0. The van der Waals surface area contributed by atoms with Crippen LogP contribution in [0.4, 0.5) is 10.5 Å². The molecule has 0 atom stereocenters. The van der Waals surface area contributed by atoms with E-state index in [1.807, 2.05) is 18.2 Å². The number of pyridine rings is 2. The van der Waals surface area contributed by atoms with Gasteiger partial charge in [0.1, 0.15) is 5.15 Å². The molecule has 0 spiro atoms. The summed E-state index contributed by atoms with van der Waals surface area (Å²) in [6.45, 7) is 1.16. The van der Waals surface area contributed by atoms with Gasteiger partial charge in [0, 0.05) is 42.0 Å². The summed E-state index contributed by atoms with van der Waals surface area (Å²) in [6.07, 6.45) is 6.17. The van der Waals surface area contributed by atoms with Gasteiger partial charge in [-0.3, -0.25) is 4.98 Å². The largest absolute Gasteiger partial charge is 0.465 e. The van der Waals surface area contributed by atoms with E-state index in [4.69, 9.17) is 16.7 Å².